The van der Waals surface area contributed by atoms with E-state index in [0.29, 0.717) is 4.90 Å². The third-order valence-electron chi connectivity index (χ3n) is 1.28. The Bertz CT molecular complexity index is 267. The van der Waals surface area contributed by atoms with Crippen LogP contribution in [0.1, 0.15) is 6.99 Å². The molecule has 1 rings (SSSR count). The van der Waals surface area contributed by atoms with Crippen LogP contribution in [0.4, 0.5) is 0 Å². The van der Waals surface area contributed by atoms with Crippen LogP contribution in [-0.2, 0) is 11.1 Å². The molecule has 11 heavy (non-hydrogen) atoms. The summed E-state index contributed by atoms with van der Waals surface area (Å²) in [7, 11) is 0. The number of hydrogen-bond donors (Lipinski definition) is 1. The summed E-state index contributed by atoms with van der Waals surface area (Å²) in [5, 5.41) is 0. The second kappa shape index (κ2) is 4.73. The van der Waals surface area contributed by atoms with Gasteiger partial charge in [0.25, 0.3) is 0 Å². The zero-order valence-electron chi connectivity index (χ0n) is 7.57. The molecule has 1 unspecified atom stereocenters. The van der Waals surface area contributed by atoms with Crippen molar-refractivity contribution in [1.29, 1.82) is 0 Å². The second-order valence-electron chi connectivity index (χ2n) is 2.01. The molecule has 0 bridgehead atoms. The minimum absolute atomic E-state index is 0. The first-order chi connectivity index (χ1) is 4.72. The van der Waals surface area contributed by atoms with Crippen molar-refractivity contribution in [2.75, 3.05) is 0 Å². The van der Waals surface area contributed by atoms with Crippen molar-refractivity contribution < 1.29 is 29.0 Å². The monoisotopic (exact) mass is 164 g/mol. The first kappa shape index (κ1) is 10.9. The first-order valence-corrected chi connectivity index (χ1v) is 3.99. The van der Waals surface area contributed by atoms with Crippen molar-refractivity contribution >= 4 is 11.1 Å². The van der Waals surface area contributed by atoms with Gasteiger partial charge in [0, 0.05) is 0 Å². The molecule has 0 fully saturated rings. The van der Waals surface area contributed by atoms with Gasteiger partial charge in [0.1, 0.15) is 0 Å². The average molecular weight is 164 g/mol. The Morgan fingerprint density at radius 3 is 2.36 bits per heavy atom. The predicted molar refractivity (Wildman–Crippen MR) is 41.3 cm³/mol. The van der Waals surface area contributed by atoms with Crippen molar-refractivity contribution in [3.8, 4) is 0 Å². The van der Waals surface area contributed by atoms with Crippen LogP contribution in [0.15, 0.2) is 29.2 Å². The summed E-state index contributed by atoms with van der Waals surface area (Å²) in [6, 6.07) is 7.04. The molecule has 0 saturated carbocycles. The Balaban J connectivity index is 0. The Labute approximate surface area is 82.0 Å². The molecule has 0 heterocycles. The molecule has 2 nitrogen and oxygen atoms in total. The molecule has 56 valence electrons. The van der Waals surface area contributed by atoms with Crippen LogP contribution in [0.5, 0.6) is 0 Å². The molecule has 4 heteroatoms. The summed E-state index contributed by atoms with van der Waals surface area (Å²) in [5.74, 6) is 0. The van der Waals surface area contributed by atoms with Crippen molar-refractivity contribution in [2.45, 2.75) is 11.8 Å². The fraction of sp³-hybridized carbons (Fsp3) is 0.143. The Morgan fingerprint density at radius 1 is 1.45 bits per heavy atom. The topological polar surface area (TPSA) is 37.3 Å². The minimum atomic E-state index is -1.84. The van der Waals surface area contributed by atoms with Crippen molar-refractivity contribution in [1.82, 2.24) is 0 Å². The van der Waals surface area contributed by atoms with E-state index in [4.69, 9.17) is 4.55 Å². The second-order valence-corrected chi connectivity index (χ2v) is 2.95. The Morgan fingerprint density at radius 2 is 2.00 bits per heavy atom. The van der Waals surface area contributed by atoms with Gasteiger partial charge in [0.15, 0.2) is 11.1 Å². The van der Waals surface area contributed by atoms with Gasteiger partial charge in [-0.05, 0) is 18.6 Å². The van der Waals surface area contributed by atoms with Crippen LogP contribution in [0.25, 0.3) is 0 Å². The molecule has 0 amide bonds. The van der Waals surface area contributed by atoms with E-state index in [-0.39, 0.29) is 20.3 Å². The molecular formula is C7H9LiO2S. The molecule has 1 aromatic rings. The summed E-state index contributed by atoms with van der Waals surface area (Å²) in [6.07, 6.45) is 0. The van der Waals surface area contributed by atoms with Gasteiger partial charge < -0.3 is 5.98 Å². The molecule has 0 spiro atoms. The van der Waals surface area contributed by atoms with E-state index in [9.17, 15) is 4.21 Å². The SMILES string of the molecule is Cc1ccccc1S(=O)O.[H-].[Li+]. The maximum atomic E-state index is 10.5. The molecule has 1 atom stereocenters. The zero-order valence-corrected chi connectivity index (χ0v) is 7.39. The standard InChI is InChI=1S/C7H8O2S.Li.H/c1-6-4-2-3-5-7(6)10(8)9;;/h2-5H,1H3,(H,8,9);;/q;+1;-1. The fourth-order valence-corrected chi connectivity index (χ4v) is 1.29. The van der Waals surface area contributed by atoms with Crippen LogP contribution in [0.2, 0.25) is 0 Å². The third-order valence-corrected chi connectivity index (χ3v) is 2.12. The van der Waals surface area contributed by atoms with Crippen LogP contribution >= 0.6 is 0 Å². The normalized spacial score (nSPS) is 11.8. The van der Waals surface area contributed by atoms with Gasteiger partial charge in [0.05, 0.1) is 4.90 Å². The van der Waals surface area contributed by atoms with Gasteiger partial charge in [-0.1, -0.05) is 18.2 Å². The molecule has 0 aliphatic carbocycles. The number of hydrogen-bond acceptors (Lipinski definition) is 1. The van der Waals surface area contributed by atoms with Gasteiger partial charge in [-0.2, -0.15) is 0 Å². The van der Waals surface area contributed by atoms with Crippen LogP contribution in [-0.4, -0.2) is 8.76 Å². The van der Waals surface area contributed by atoms with E-state index >= 15 is 0 Å². The van der Waals surface area contributed by atoms with Gasteiger partial charge in [-0.15, -0.1) is 0 Å². The fourth-order valence-electron chi connectivity index (χ4n) is 0.752. The van der Waals surface area contributed by atoms with E-state index < -0.39 is 11.1 Å². The first-order valence-electron chi connectivity index (χ1n) is 2.88. The predicted octanol–water partition coefficient (Wildman–Crippen LogP) is -1.31. The van der Waals surface area contributed by atoms with E-state index in [0.717, 1.165) is 5.56 Å². The van der Waals surface area contributed by atoms with Crippen molar-refractivity contribution in [2.24, 2.45) is 0 Å². The maximum absolute atomic E-state index is 10.5. The summed E-state index contributed by atoms with van der Waals surface area (Å²) >= 11 is -1.84. The summed E-state index contributed by atoms with van der Waals surface area (Å²) in [4.78, 5) is 0.488. The van der Waals surface area contributed by atoms with E-state index in [1.54, 1.807) is 12.1 Å². The largest absolute Gasteiger partial charge is 1.00 e. The van der Waals surface area contributed by atoms with Crippen molar-refractivity contribution in [3.63, 3.8) is 0 Å². The van der Waals surface area contributed by atoms with Crippen molar-refractivity contribution in [3.05, 3.63) is 29.8 Å². The molecule has 0 saturated heterocycles. The van der Waals surface area contributed by atoms with Crippen LogP contribution in [0.3, 0.4) is 0 Å². The Hall–Kier alpha value is -0.0726. The smallest absolute Gasteiger partial charge is 1.00 e. The molecule has 0 aliphatic heterocycles. The van der Waals surface area contributed by atoms with Crippen LogP contribution in [0, 0.1) is 6.92 Å². The molecule has 0 aliphatic rings. The molecule has 1 aromatic carbocycles. The number of benzene rings is 1. The molecule has 0 aromatic heterocycles. The van der Waals surface area contributed by atoms with Gasteiger partial charge in [0.2, 0.25) is 0 Å². The number of rotatable bonds is 1. The summed E-state index contributed by atoms with van der Waals surface area (Å²) < 4.78 is 19.2. The van der Waals surface area contributed by atoms with Gasteiger partial charge >= 0.3 is 18.9 Å². The summed E-state index contributed by atoms with van der Waals surface area (Å²) in [5.41, 5.74) is 0.850. The van der Waals surface area contributed by atoms with Crippen LogP contribution < -0.4 is 18.9 Å². The van der Waals surface area contributed by atoms with E-state index in [2.05, 4.69) is 0 Å². The zero-order chi connectivity index (χ0) is 7.56. The Kier molecular flexibility index (Phi) is 4.70. The summed E-state index contributed by atoms with van der Waals surface area (Å²) in [6.45, 7) is 1.81. The van der Waals surface area contributed by atoms with E-state index in [1.807, 2.05) is 19.1 Å². The average Bonchev–Trinajstić information content (AvgIpc) is 1.88. The molecular weight excluding hydrogens is 155 g/mol. The minimum Gasteiger partial charge on any atom is -1.00 e. The van der Waals surface area contributed by atoms with Gasteiger partial charge in [-0.3, -0.25) is 0 Å². The third kappa shape index (κ3) is 2.80. The maximum Gasteiger partial charge on any atom is 1.00 e. The molecule has 1 N–H and O–H groups in total. The van der Waals surface area contributed by atoms with E-state index in [1.165, 1.54) is 0 Å². The molecule has 0 radical (unpaired) electrons. The quantitative estimate of drug-likeness (QED) is 0.413. The number of aryl methyl sites for hydroxylation is 1. The van der Waals surface area contributed by atoms with Gasteiger partial charge in [-0.25, -0.2) is 4.21 Å².